The van der Waals surface area contributed by atoms with Crippen LogP contribution in [0.4, 0.5) is 0 Å². The summed E-state index contributed by atoms with van der Waals surface area (Å²) in [6.07, 6.45) is 0. The van der Waals surface area contributed by atoms with Gasteiger partial charge in [-0.2, -0.15) is 0 Å². The van der Waals surface area contributed by atoms with Crippen molar-refractivity contribution >= 4 is 5.91 Å². The van der Waals surface area contributed by atoms with E-state index < -0.39 is 0 Å². The van der Waals surface area contributed by atoms with E-state index in [2.05, 4.69) is 5.32 Å². The molecular weight excluding hydrogens is 246 g/mol. The molecule has 0 heterocycles. The Morgan fingerprint density at radius 2 is 1.10 bits per heavy atom. The fraction of sp³-hybridized carbons (Fsp3) is 0.167. The van der Waals surface area contributed by atoms with E-state index in [0.29, 0.717) is 5.56 Å². The number of amides is 1. The van der Waals surface area contributed by atoms with Crippen molar-refractivity contribution in [3.05, 3.63) is 84.4 Å². The molecule has 0 unspecified atom stereocenters. The molecule has 0 atom stereocenters. The van der Waals surface area contributed by atoms with Crippen LogP contribution in [0.2, 0.25) is 0 Å². The molecule has 0 saturated heterocycles. The predicted molar refractivity (Wildman–Crippen MR) is 84.3 cm³/mol. The second-order valence-corrected chi connectivity index (χ2v) is 4.53. The normalized spacial score (nSPS) is 9.15. The molecule has 0 aliphatic heterocycles. The smallest absolute Gasteiger partial charge is 0.251 e. The van der Waals surface area contributed by atoms with Crippen LogP contribution in [-0.4, -0.2) is 11.9 Å². The molecule has 2 nitrogen and oxygen atoms in total. The number of hydrogen-bond donors (Lipinski definition) is 1. The van der Waals surface area contributed by atoms with Crippen LogP contribution in [0.25, 0.3) is 0 Å². The van der Waals surface area contributed by atoms with Crippen molar-refractivity contribution in [2.75, 3.05) is 0 Å². The third-order valence-electron chi connectivity index (χ3n) is 2.34. The molecule has 0 bridgehead atoms. The first kappa shape index (κ1) is 15.7. The molecule has 1 N–H and O–H groups in total. The van der Waals surface area contributed by atoms with Crippen LogP contribution >= 0.6 is 0 Å². The van der Waals surface area contributed by atoms with Crippen molar-refractivity contribution in [1.82, 2.24) is 5.32 Å². The number of rotatable bonds is 2. The van der Waals surface area contributed by atoms with Crippen LogP contribution in [-0.2, 0) is 0 Å². The number of hydrogen-bond acceptors (Lipinski definition) is 1. The molecule has 1 aromatic rings. The molecule has 2 heteroatoms. The van der Waals surface area contributed by atoms with Crippen molar-refractivity contribution in [1.29, 1.82) is 0 Å². The molecule has 0 fully saturated rings. The predicted octanol–water partition coefficient (Wildman–Crippen LogP) is 4.07. The van der Waals surface area contributed by atoms with Crippen molar-refractivity contribution in [3.63, 3.8) is 0 Å². The molecule has 0 spiro atoms. The maximum atomic E-state index is 12.0. The van der Waals surface area contributed by atoms with Gasteiger partial charge in [0.05, 0.1) is 0 Å². The second-order valence-electron chi connectivity index (χ2n) is 4.53. The Hall–Kier alpha value is -2.35. The van der Waals surface area contributed by atoms with Gasteiger partial charge in [0.15, 0.2) is 0 Å². The highest BCUT2D eigenvalue weighted by Crippen LogP contribution is 1.95. The summed E-state index contributed by atoms with van der Waals surface area (Å²) >= 11 is 0. The lowest BCUT2D eigenvalue weighted by molar-refractivity contribution is 0.0943. The molecule has 104 valence electrons. The van der Waals surface area contributed by atoms with Gasteiger partial charge in [-0.05, 0) is 26.0 Å². The van der Waals surface area contributed by atoms with E-state index in [4.69, 9.17) is 0 Å². The Kier molecular flexibility index (Phi) is 7.51. The fourth-order valence-corrected chi connectivity index (χ4v) is 1.45. The molecule has 0 radical (unpaired) electrons. The molecule has 1 aromatic carbocycles. The third-order valence-corrected chi connectivity index (χ3v) is 2.34. The van der Waals surface area contributed by atoms with E-state index in [-0.39, 0.29) is 11.9 Å². The minimum absolute atomic E-state index is 0.0687. The lowest BCUT2D eigenvalue weighted by atomic mass is 10.2. The van der Waals surface area contributed by atoms with Gasteiger partial charge in [0.2, 0.25) is 0 Å². The second kappa shape index (κ2) is 9.56. The Labute approximate surface area is 121 Å². The molecular formula is C18H21NO. The largest absolute Gasteiger partial charge is 0.350 e. The molecule has 1 rings (SSSR count). The Morgan fingerprint density at radius 3 is 1.45 bits per heavy atom. The van der Waals surface area contributed by atoms with Gasteiger partial charge in [0.25, 0.3) is 5.91 Å². The van der Waals surface area contributed by atoms with E-state index in [0.717, 1.165) is 0 Å². The molecule has 0 aromatic heterocycles. The molecule has 0 aliphatic rings. The number of carbonyl (C=O) groups is 1. The minimum atomic E-state index is -0.0687. The summed E-state index contributed by atoms with van der Waals surface area (Å²) in [5, 5.41) is 2.89. The van der Waals surface area contributed by atoms with E-state index in [1.165, 1.54) is 0 Å². The van der Waals surface area contributed by atoms with Gasteiger partial charge in [0.1, 0.15) is 0 Å². The first-order valence-corrected chi connectivity index (χ1v) is 6.72. The Bertz CT molecular complexity index is 500. The third kappa shape index (κ3) is 7.17. The molecule has 0 aliphatic carbocycles. The lowest BCUT2D eigenvalue weighted by Crippen LogP contribution is -2.29. The van der Waals surface area contributed by atoms with Crippen LogP contribution in [0.1, 0.15) is 24.2 Å². The average Bonchev–Trinajstić information content (AvgIpc) is 2.40. The number of nitrogens with one attached hydrogen (secondary N) is 1. The molecule has 20 heavy (non-hydrogen) atoms. The van der Waals surface area contributed by atoms with E-state index in [9.17, 15) is 4.79 Å². The van der Waals surface area contributed by atoms with E-state index in [1.807, 2.05) is 80.6 Å². The maximum absolute atomic E-state index is 12.0. The first-order valence-electron chi connectivity index (χ1n) is 6.72. The van der Waals surface area contributed by atoms with Gasteiger partial charge < -0.3 is 5.32 Å². The van der Waals surface area contributed by atoms with Crippen molar-refractivity contribution in [3.8, 4) is 0 Å². The standard InChI is InChI=1S/C18H21NO/c1-16(2)19-18(20)17-14-12-10-8-6-4-3-5-7-9-11-13-15-17/h3-16H,1-2H3,(H,19,20). The summed E-state index contributed by atoms with van der Waals surface area (Å²) in [5.74, 6) is -0.0687. The van der Waals surface area contributed by atoms with Gasteiger partial charge in [-0.15, -0.1) is 0 Å². The van der Waals surface area contributed by atoms with Gasteiger partial charge in [-0.3, -0.25) is 4.79 Å². The Morgan fingerprint density at radius 1 is 0.750 bits per heavy atom. The van der Waals surface area contributed by atoms with Gasteiger partial charge in [-0.1, -0.05) is 66.7 Å². The zero-order valence-electron chi connectivity index (χ0n) is 12.0. The molecule has 0 saturated carbocycles. The van der Waals surface area contributed by atoms with Gasteiger partial charge in [-0.25, -0.2) is 0 Å². The molecule has 1 amide bonds. The van der Waals surface area contributed by atoms with Crippen LogP contribution in [0, 0.1) is 0 Å². The highest BCUT2D eigenvalue weighted by atomic mass is 16.1. The van der Waals surface area contributed by atoms with E-state index >= 15 is 0 Å². The monoisotopic (exact) mass is 267 g/mol. The summed E-state index contributed by atoms with van der Waals surface area (Å²) in [6.45, 7) is 3.89. The maximum Gasteiger partial charge on any atom is 0.251 e. The summed E-state index contributed by atoms with van der Waals surface area (Å²) in [4.78, 5) is 12.0. The van der Waals surface area contributed by atoms with Crippen LogP contribution in [0.15, 0.2) is 78.9 Å². The van der Waals surface area contributed by atoms with Crippen molar-refractivity contribution < 1.29 is 4.79 Å². The summed E-state index contributed by atoms with van der Waals surface area (Å²) in [6, 6.07) is 24.8. The van der Waals surface area contributed by atoms with Gasteiger partial charge >= 0.3 is 0 Å². The summed E-state index contributed by atoms with van der Waals surface area (Å²) in [5.41, 5.74) is 0.629. The van der Waals surface area contributed by atoms with Crippen LogP contribution in [0.5, 0.6) is 0 Å². The number of carbonyl (C=O) groups excluding carboxylic acids is 1. The quantitative estimate of drug-likeness (QED) is 0.859. The van der Waals surface area contributed by atoms with Crippen LogP contribution < -0.4 is 5.32 Å². The van der Waals surface area contributed by atoms with E-state index in [1.54, 1.807) is 12.1 Å². The zero-order valence-corrected chi connectivity index (χ0v) is 12.0. The fourth-order valence-electron chi connectivity index (χ4n) is 1.45. The van der Waals surface area contributed by atoms with Crippen molar-refractivity contribution in [2.45, 2.75) is 19.9 Å². The highest BCUT2D eigenvalue weighted by molar-refractivity contribution is 5.94. The highest BCUT2D eigenvalue weighted by Gasteiger charge is 2.03. The summed E-state index contributed by atoms with van der Waals surface area (Å²) < 4.78 is 0. The van der Waals surface area contributed by atoms with Gasteiger partial charge in [0, 0.05) is 11.6 Å². The minimum Gasteiger partial charge on any atom is -0.350 e. The topological polar surface area (TPSA) is 29.1 Å². The first-order chi connectivity index (χ1) is 9.70. The summed E-state index contributed by atoms with van der Waals surface area (Å²) in [7, 11) is 0. The lowest BCUT2D eigenvalue weighted by Gasteiger charge is -2.06. The average molecular weight is 267 g/mol. The van der Waals surface area contributed by atoms with Crippen molar-refractivity contribution in [2.24, 2.45) is 0 Å². The SMILES string of the molecule is CC(C)NC(=O)c1ccccccccccccc1. The van der Waals surface area contributed by atoms with Crippen LogP contribution in [0.3, 0.4) is 0 Å². The Balaban J connectivity index is 3.16. The zero-order chi connectivity index (χ0) is 14.6.